The van der Waals surface area contributed by atoms with Crippen LogP contribution in [0, 0.1) is 6.92 Å². The van der Waals surface area contributed by atoms with Crippen molar-refractivity contribution in [2.75, 3.05) is 13.7 Å². The Morgan fingerprint density at radius 1 is 1.50 bits per heavy atom. The quantitative estimate of drug-likeness (QED) is 0.822. The molecule has 1 aromatic heterocycles. The number of ether oxygens (including phenoxy) is 1. The van der Waals surface area contributed by atoms with Gasteiger partial charge in [-0.2, -0.15) is 0 Å². The van der Waals surface area contributed by atoms with Crippen LogP contribution in [-0.2, 0) is 4.74 Å². The van der Waals surface area contributed by atoms with Crippen molar-refractivity contribution >= 4 is 11.3 Å². The highest BCUT2D eigenvalue weighted by Crippen LogP contribution is 2.36. The van der Waals surface area contributed by atoms with E-state index in [9.17, 15) is 0 Å². The molecule has 1 heterocycles. The van der Waals surface area contributed by atoms with Crippen LogP contribution in [0.5, 0.6) is 0 Å². The molecular formula is C13H23NOS. The van der Waals surface area contributed by atoms with Crippen molar-refractivity contribution in [3.05, 3.63) is 21.9 Å². The molecule has 0 spiro atoms. The number of nitrogens with one attached hydrogen (secondary N) is 1. The summed E-state index contributed by atoms with van der Waals surface area (Å²) in [7, 11) is 2.01. The first-order chi connectivity index (χ1) is 7.59. The molecule has 92 valence electrons. The summed E-state index contributed by atoms with van der Waals surface area (Å²) in [5.74, 6) is 0. The van der Waals surface area contributed by atoms with Gasteiger partial charge in [-0.05, 0) is 51.2 Å². The van der Waals surface area contributed by atoms with Crippen molar-refractivity contribution in [3.8, 4) is 0 Å². The lowest BCUT2D eigenvalue weighted by Gasteiger charge is -2.36. The Hall–Kier alpha value is -0.380. The molecule has 1 N–H and O–H groups in total. The molecule has 0 amide bonds. The lowest BCUT2D eigenvalue weighted by atomic mass is 9.90. The van der Waals surface area contributed by atoms with Crippen LogP contribution in [0.1, 0.15) is 43.7 Å². The summed E-state index contributed by atoms with van der Waals surface area (Å²) >= 11 is 1.81. The van der Waals surface area contributed by atoms with Gasteiger partial charge in [-0.25, -0.2) is 0 Å². The van der Waals surface area contributed by atoms with Gasteiger partial charge in [0.05, 0.1) is 11.6 Å². The van der Waals surface area contributed by atoms with Gasteiger partial charge in [-0.3, -0.25) is 0 Å². The molecule has 0 radical (unpaired) electrons. The molecule has 0 fully saturated rings. The Morgan fingerprint density at radius 3 is 2.56 bits per heavy atom. The van der Waals surface area contributed by atoms with Crippen molar-refractivity contribution in [2.45, 2.75) is 45.8 Å². The van der Waals surface area contributed by atoms with Gasteiger partial charge in [0.25, 0.3) is 0 Å². The predicted molar refractivity (Wildman–Crippen MR) is 71.2 cm³/mol. The second-order valence-electron chi connectivity index (χ2n) is 4.29. The lowest BCUT2D eigenvalue weighted by Crippen LogP contribution is -2.42. The molecule has 0 aliphatic carbocycles. The number of likely N-dealkylation sites (N-methyl/N-ethyl adjacent to an activating group) is 1. The van der Waals surface area contributed by atoms with E-state index in [-0.39, 0.29) is 11.6 Å². The largest absolute Gasteiger partial charge is 0.374 e. The van der Waals surface area contributed by atoms with E-state index in [1.165, 1.54) is 10.4 Å². The summed E-state index contributed by atoms with van der Waals surface area (Å²) in [5, 5.41) is 5.56. The van der Waals surface area contributed by atoms with E-state index in [0.29, 0.717) is 0 Å². The molecule has 1 aromatic rings. The van der Waals surface area contributed by atoms with Gasteiger partial charge in [0.1, 0.15) is 0 Å². The molecule has 0 saturated carbocycles. The first-order valence-electron chi connectivity index (χ1n) is 5.94. The lowest BCUT2D eigenvalue weighted by molar-refractivity contribution is -0.0540. The summed E-state index contributed by atoms with van der Waals surface area (Å²) < 4.78 is 5.95. The fraction of sp³-hybridized carbons (Fsp3) is 0.692. The number of aryl methyl sites for hydroxylation is 1. The summed E-state index contributed by atoms with van der Waals surface area (Å²) in [5.41, 5.74) is 1.22. The normalized spacial score (nSPS) is 17.1. The summed E-state index contributed by atoms with van der Waals surface area (Å²) in [6, 6.07) is 2.45. The summed E-state index contributed by atoms with van der Waals surface area (Å²) in [6.45, 7) is 9.35. The Balaban J connectivity index is 3.00. The van der Waals surface area contributed by atoms with Crippen LogP contribution in [0.4, 0.5) is 0 Å². The zero-order valence-electron chi connectivity index (χ0n) is 11.0. The third kappa shape index (κ3) is 2.65. The van der Waals surface area contributed by atoms with Crippen molar-refractivity contribution in [1.29, 1.82) is 0 Å². The predicted octanol–water partition coefficient (Wildman–Crippen LogP) is 3.52. The highest BCUT2D eigenvalue weighted by molar-refractivity contribution is 7.10. The van der Waals surface area contributed by atoms with Crippen LogP contribution in [0.15, 0.2) is 11.4 Å². The third-order valence-corrected chi connectivity index (χ3v) is 4.32. The zero-order valence-corrected chi connectivity index (χ0v) is 11.8. The van der Waals surface area contributed by atoms with Gasteiger partial charge in [0, 0.05) is 11.5 Å². The Morgan fingerprint density at radius 2 is 2.19 bits per heavy atom. The SMILES string of the molecule is CCOC(C)(CC)C(NC)c1sccc1C. The average Bonchev–Trinajstić information content (AvgIpc) is 2.66. The van der Waals surface area contributed by atoms with Crippen molar-refractivity contribution in [3.63, 3.8) is 0 Å². The van der Waals surface area contributed by atoms with Gasteiger partial charge in [0.15, 0.2) is 0 Å². The standard InChI is InChI=1S/C13H23NOS/c1-6-13(4,15-7-2)12(14-5)11-10(3)8-9-16-11/h8-9,12,14H,6-7H2,1-5H3. The topological polar surface area (TPSA) is 21.3 Å². The van der Waals surface area contributed by atoms with Crippen LogP contribution in [0.3, 0.4) is 0 Å². The van der Waals surface area contributed by atoms with Gasteiger partial charge >= 0.3 is 0 Å². The molecule has 2 atom stereocenters. The number of thiophene rings is 1. The molecule has 2 unspecified atom stereocenters. The van der Waals surface area contributed by atoms with E-state index in [2.05, 4.69) is 44.5 Å². The minimum atomic E-state index is -0.126. The van der Waals surface area contributed by atoms with Crippen LogP contribution < -0.4 is 5.32 Å². The van der Waals surface area contributed by atoms with Crippen LogP contribution in [0.25, 0.3) is 0 Å². The van der Waals surface area contributed by atoms with Gasteiger partial charge in [-0.1, -0.05) is 6.92 Å². The fourth-order valence-electron chi connectivity index (χ4n) is 2.11. The van der Waals surface area contributed by atoms with Crippen LogP contribution in [-0.4, -0.2) is 19.3 Å². The van der Waals surface area contributed by atoms with Gasteiger partial charge in [0.2, 0.25) is 0 Å². The smallest absolute Gasteiger partial charge is 0.0853 e. The molecule has 0 aliphatic rings. The van der Waals surface area contributed by atoms with Gasteiger partial charge in [-0.15, -0.1) is 11.3 Å². The Kier molecular flexibility index (Phi) is 4.96. The molecule has 16 heavy (non-hydrogen) atoms. The first kappa shape index (κ1) is 13.7. The van der Waals surface area contributed by atoms with E-state index >= 15 is 0 Å². The van der Waals surface area contributed by atoms with Gasteiger partial charge < -0.3 is 10.1 Å². The molecule has 0 aromatic carbocycles. The minimum absolute atomic E-state index is 0.126. The maximum absolute atomic E-state index is 5.95. The molecule has 3 heteroatoms. The molecular weight excluding hydrogens is 218 g/mol. The van der Waals surface area contributed by atoms with Crippen molar-refractivity contribution in [2.24, 2.45) is 0 Å². The van der Waals surface area contributed by atoms with Crippen molar-refractivity contribution < 1.29 is 4.74 Å². The minimum Gasteiger partial charge on any atom is -0.374 e. The van der Waals surface area contributed by atoms with E-state index in [1.807, 2.05) is 18.4 Å². The number of hydrogen-bond donors (Lipinski definition) is 1. The zero-order chi connectivity index (χ0) is 12.2. The highest BCUT2D eigenvalue weighted by atomic mass is 32.1. The molecule has 1 rings (SSSR count). The van der Waals surface area contributed by atoms with E-state index in [1.54, 1.807) is 0 Å². The van der Waals surface area contributed by atoms with E-state index in [4.69, 9.17) is 4.74 Å². The summed E-state index contributed by atoms with van der Waals surface area (Å²) in [4.78, 5) is 1.39. The average molecular weight is 241 g/mol. The first-order valence-corrected chi connectivity index (χ1v) is 6.82. The highest BCUT2D eigenvalue weighted by Gasteiger charge is 2.34. The second-order valence-corrected chi connectivity index (χ2v) is 5.24. The van der Waals surface area contributed by atoms with Crippen LogP contribution >= 0.6 is 11.3 Å². The monoisotopic (exact) mass is 241 g/mol. The fourth-order valence-corrected chi connectivity index (χ4v) is 3.29. The van der Waals surface area contributed by atoms with Crippen molar-refractivity contribution in [1.82, 2.24) is 5.32 Å². The third-order valence-electron chi connectivity index (χ3n) is 3.24. The summed E-state index contributed by atoms with van der Waals surface area (Å²) in [6.07, 6.45) is 1.00. The Bertz CT molecular complexity index is 323. The molecule has 0 saturated heterocycles. The van der Waals surface area contributed by atoms with E-state index < -0.39 is 0 Å². The maximum atomic E-state index is 5.95. The van der Waals surface area contributed by atoms with Crippen LogP contribution in [0.2, 0.25) is 0 Å². The maximum Gasteiger partial charge on any atom is 0.0853 e. The number of hydrogen-bond acceptors (Lipinski definition) is 3. The molecule has 0 aliphatic heterocycles. The number of rotatable bonds is 6. The molecule has 2 nitrogen and oxygen atoms in total. The second kappa shape index (κ2) is 5.80. The van der Waals surface area contributed by atoms with E-state index in [0.717, 1.165) is 13.0 Å². The Labute approximate surface area is 103 Å². The molecule has 0 bridgehead atoms.